The summed E-state index contributed by atoms with van der Waals surface area (Å²) >= 11 is 0. The number of alkyl halides is 3. The van der Waals surface area contributed by atoms with E-state index in [0.717, 1.165) is 31.7 Å². The third kappa shape index (κ3) is 8.44. The predicted molar refractivity (Wildman–Crippen MR) is 138 cm³/mol. The molecule has 0 radical (unpaired) electrons. The summed E-state index contributed by atoms with van der Waals surface area (Å²) < 4.78 is 39.6. The van der Waals surface area contributed by atoms with E-state index < -0.39 is 33.9 Å². The van der Waals surface area contributed by atoms with Crippen molar-refractivity contribution in [1.29, 1.82) is 0 Å². The molecule has 2 amide bonds. The quantitative estimate of drug-likeness (QED) is 0.230. The van der Waals surface area contributed by atoms with Crippen molar-refractivity contribution in [2.45, 2.75) is 58.2 Å². The highest BCUT2D eigenvalue weighted by Gasteiger charge is 2.39. The van der Waals surface area contributed by atoms with Crippen molar-refractivity contribution in [2.24, 2.45) is 0 Å². The summed E-state index contributed by atoms with van der Waals surface area (Å²) in [6.07, 6.45) is -1.25. The van der Waals surface area contributed by atoms with Crippen LogP contribution < -0.4 is 10.6 Å². The minimum atomic E-state index is -5.01. The van der Waals surface area contributed by atoms with Crippen LogP contribution in [-0.2, 0) is 11.0 Å². The Morgan fingerprint density at radius 1 is 1.00 bits per heavy atom. The Hall–Kier alpha value is -3.67. The highest BCUT2D eigenvalue weighted by Crippen LogP contribution is 2.37. The van der Waals surface area contributed by atoms with Crippen LogP contribution in [0.3, 0.4) is 0 Å². The average Bonchev–Trinajstić information content (AvgIpc) is 2.87. The average molecular weight is 539 g/mol. The Morgan fingerprint density at radius 2 is 1.55 bits per heavy atom. The number of carbonyl (C=O) groups excluding carboxylic acids is 2. The van der Waals surface area contributed by atoms with Crippen molar-refractivity contribution in [3.63, 3.8) is 0 Å². The van der Waals surface area contributed by atoms with Crippen LogP contribution in [-0.4, -0.2) is 52.0 Å². The van der Waals surface area contributed by atoms with Crippen molar-refractivity contribution >= 4 is 28.9 Å². The minimum absolute atomic E-state index is 0.0776. The van der Waals surface area contributed by atoms with Crippen LogP contribution in [0.2, 0.25) is 0 Å². The molecule has 0 aliphatic carbocycles. The van der Waals surface area contributed by atoms with Gasteiger partial charge in [-0.1, -0.05) is 26.7 Å². The molecule has 9 nitrogen and oxygen atoms in total. The van der Waals surface area contributed by atoms with E-state index in [1.54, 1.807) is 24.3 Å². The van der Waals surface area contributed by atoms with Gasteiger partial charge in [0.15, 0.2) is 5.60 Å². The molecule has 1 unspecified atom stereocenters. The fraction of sp³-hybridized carbons (Fsp3) is 0.462. The van der Waals surface area contributed by atoms with Crippen LogP contribution in [0.4, 0.5) is 30.2 Å². The van der Waals surface area contributed by atoms with Gasteiger partial charge in [0.2, 0.25) is 0 Å². The fourth-order valence-corrected chi connectivity index (χ4v) is 3.55. The van der Waals surface area contributed by atoms with Crippen LogP contribution in [0.5, 0.6) is 0 Å². The Balaban J connectivity index is 2.05. The van der Waals surface area contributed by atoms with E-state index in [4.69, 9.17) is 0 Å². The van der Waals surface area contributed by atoms with Crippen molar-refractivity contribution in [1.82, 2.24) is 4.90 Å². The number of hydrogen-bond donors (Lipinski definition) is 3. The highest BCUT2D eigenvalue weighted by molar-refractivity contribution is 5.97. The monoisotopic (exact) mass is 538 g/mol. The summed E-state index contributed by atoms with van der Waals surface area (Å²) in [5.74, 6) is -1.09. The summed E-state index contributed by atoms with van der Waals surface area (Å²) in [5.41, 5.74) is -4.05. The fourth-order valence-electron chi connectivity index (χ4n) is 3.55. The first-order valence-corrected chi connectivity index (χ1v) is 12.3. The topological polar surface area (TPSA) is 125 Å². The normalized spacial score (nSPS) is 12.9. The molecule has 0 aromatic heterocycles. The third-order valence-electron chi connectivity index (χ3n) is 5.86. The number of hydrogen-bond acceptors (Lipinski definition) is 6. The molecule has 0 aliphatic heterocycles. The molecule has 0 aliphatic rings. The molecule has 2 aromatic carbocycles. The molecule has 3 N–H and O–H groups in total. The lowest BCUT2D eigenvalue weighted by atomic mass is 10.0. The molecule has 0 saturated carbocycles. The molecule has 0 spiro atoms. The van der Waals surface area contributed by atoms with Gasteiger partial charge in [0, 0.05) is 36.1 Å². The summed E-state index contributed by atoms with van der Waals surface area (Å²) in [6.45, 7) is 6.33. The summed E-state index contributed by atoms with van der Waals surface area (Å²) in [7, 11) is 0. The van der Waals surface area contributed by atoms with Crippen LogP contribution in [0, 0.1) is 10.1 Å². The van der Waals surface area contributed by atoms with Crippen LogP contribution in [0.1, 0.15) is 62.4 Å². The molecule has 2 rings (SSSR count). The van der Waals surface area contributed by atoms with E-state index in [2.05, 4.69) is 24.5 Å². The molecule has 1 atom stereocenters. The summed E-state index contributed by atoms with van der Waals surface area (Å²) in [4.78, 5) is 37.0. The first kappa shape index (κ1) is 30.6. The number of unbranched alkanes of at least 4 members (excludes halogenated alkanes) is 2. The standard InChI is InChI=1S/C26H33F3N4O5/c1-4-6-14-32(15-7-5-2)23(34)18-8-10-19(11-9-18)30-17-25(3,36)24(35)31-20-12-13-22(33(37)38)21(16-20)26(27,28)29/h8-13,16,30,36H,4-7,14-15,17H2,1-3H3,(H,31,35). The van der Waals surface area contributed by atoms with E-state index >= 15 is 0 Å². The molecular weight excluding hydrogens is 505 g/mol. The largest absolute Gasteiger partial charge is 0.423 e. The number of benzene rings is 2. The number of amides is 2. The van der Waals surface area contributed by atoms with E-state index in [1.807, 2.05) is 4.90 Å². The maximum Gasteiger partial charge on any atom is 0.423 e. The highest BCUT2D eigenvalue weighted by atomic mass is 19.4. The van der Waals surface area contributed by atoms with Crippen LogP contribution >= 0.6 is 0 Å². The van der Waals surface area contributed by atoms with Gasteiger partial charge in [0.25, 0.3) is 17.5 Å². The smallest absolute Gasteiger partial charge is 0.382 e. The molecule has 208 valence electrons. The lowest BCUT2D eigenvalue weighted by molar-refractivity contribution is -0.388. The van der Waals surface area contributed by atoms with E-state index in [0.29, 0.717) is 36.5 Å². The maximum absolute atomic E-state index is 13.2. The minimum Gasteiger partial charge on any atom is -0.382 e. The van der Waals surface area contributed by atoms with Gasteiger partial charge in [-0.05, 0) is 56.2 Å². The summed E-state index contributed by atoms with van der Waals surface area (Å²) in [6, 6.07) is 8.57. The number of rotatable bonds is 13. The molecular formula is C26H33F3N4O5. The Morgan fingerprint density at radius 3 is 2.05 bits per heavy atom. The SMILES string of the molecule is CCCCN(CCCC)C(=O)c1ccc(NCC(C)(O)C(=O)Nc2ccc([N+](=O)[O-])c(C(F)(F)F)c2)cc1. The molecule has 0 fully saturated rings. The van der Waals surface area contributed by atoms with Crippen molar-refractivity contribution in [3.8, 4) is 0 Å². The predicted octanol–water partition coefficient (Wildman–Crippen LogP) is 5.46. The molecule has 12 heteroatoms. The molecule has 38 heavy (non-hydrogen) atoms. The van der Waals surface area contributed by atoms with Crippen molar-refractivity contribution in [2.75, 3.05) is 30.3 Å². The zero-order chi connectivity index (χ0) is 28.5. The van der Waals surface area contributed by atoms with Gasteiger partial charge in [0.05, 0.1) is 11.5 Å². The van der Waals surface area contributed by atoms with Crippen LogP contribution in [0.15, 0.2) is 42.5 Å². The first-order chi connectivity index (χ1) is 17.8. The first-order valence-electron chi connectivity index (χ1n) is 12.3. The number of nitro groups is 1. The number of nitro benzene ring substituents is 1. The molecule has 0 heterocycles. The van der Waals surface area contributed by atoms with Gasteiger partial charge in [0.1, 0.15) is 5.56 Å². The second kappa shape index (κ2) is 13.2. The summed E-state index contributed by atoms with van der Waals surface area (Å²) in [5, 5.41) is 26.5. The van der Waals surface area contributed by atoms with Crippen molar-refractivity contribution in [3.05, 3.63) is 63.7 Å². The molecule has 0 bridgehead atoms. The zero-order valence-corrected chi connectivity index (χ0v) is 21.6. The number of nitrogens with one attached hydrogen (secondary N) is 2. The Labute approximate surface area is 219 Å². The lowest BCUT2D eigenvalue weighted by Gasteiger charge is -2.24. The number of aliphatic hydroxyl groups is 1. The van der Waals surface area contributed by atoms with E-state index in [-0.39, 0.29) is 18.1 Å². The van der Waals surface area contributed by atoms with Crippen LogP contribution in [0.25, 0.3) is 0 Å². The number of carbonyl (C=O) groups is 2. The second-order valence-corrected chi connectivity index (χ2v) is 9.14. The molecule has 2 aromatic rings. The number of nitrogens with zero attached hydrogens (tertiary/aromatic N) is 2. The van der Waals surface area contributed by atoms with E-state index in [9.17, 15) is 38.0 Å². The second-order valence-electron chi connectivity index (χ2n) is 9.14. The molecule has 0 saturated heterocycles. The van der Waals surface area contributed by atoms with Gasteiger partial charge in [-0.15, -0.1) is 0 Å². The van der Waals surface area contributed by atoms with Gasteiger partial charge in [-0.3, -0.25) is 19.7 Å². The van der Waals surface area contributed by atoms with Gasteiger partial charge in [-0.2, -0.15) is 13.2 Å². The number of halogens is 3. The lowest BCUT2D eigenvalue weighted by Crippen LogP contribution is -2.45. The van der Waals surface area contributed by atoms with Gasteiger partial charge in [-0.25, -0.2) is 0 Å². The third-order valence-corrected chi connectivity index (χ3v) is 5.86. The number of anilines is 2. The van der Waals surface area contributed by atoms with Crippen molar-refractivity contribution < 1.29 is 32.8 Å². The Kier molecular flexibility index (Phi) is 10.6. The van der Waals surface area contributed by atoms with Gasteiger partial charge >= 0.3 is 6.18 Å². The zero-order valence-electron chi connectivity index (χ0n) is 21.6. The Bertz CT molecular complexity index is 1110. The van der Waals surface area contributed by atoms with E-state index in [1.165, 1.54) is 6.92 Å². The van der Waals surface area contributed by atoms with Gasteiger partial charge < -0.3 is 20.6 Å². The maximum atomic E-state index is 13.2.